The molecular formula is C12H11FO6. The van der Waals surface area contributed by atoms with Gasteiger partial charge in [-0.3, -0.25) is 4.79 Å². The number of carbonyl (C=O) groups is 2. The van der Waals surface area contributed by atoms with Gasteiger partial charge < -0.3 is 19.3 Å². The van der Waals surface area contributed by atoms with Gasteiger partial charge in [0.15, 0.2) is 23.1 Å². The van der Waals surface area contributed by atoms with Gasteiger partial charge in [0.05, 0.1) is 6.61 Å². The molecule has 19 heavy (non-hydrogen) atoms. The maximum atomic E-state index is 13.5. The van der Waals surface area contributed by atoms with Crippen LogP contribution < -0.4 is 9.47 Å². The second-order valence-electron chi connectivity index (χ2n) is 3.66. The average Bonchev–Trinajstić information content (AvgIpc) is 2.40. The van der Waals surface area contributed by atoms with E-state index in [1.165, 1.54) is 6.92 Å². The molecule has 0 spiro atoms. The highest BCUT2D eigenvalue weighted by molar-refractivity contribution is 6.42. The molecule has 0 saturated carbocycles. The number of phenolic OH excluding ortho intramolecular Hbond substituents is 1. The number of phenols is 1. The number of ether oxygens (including phenoxy) is 3. The third-order valence-corrected chi connectivity index (χ3v) is 2.45. The summed E-state index contributed by atoms with van der Waals surface area (Å²) in [7, 11) is 0. The molecule has 0 radical (unpaired) electrons. The van der Waals surface area contributed by atoms with Crippen molar-refractivity contribution < 1.29 is 33.3 Å². The van der Waals surface area contributed by atoms with Crippen molar-refractivity contribution in [2.75, 3.05) is 19.8 Å². The van der Waals surface area contributed by atoms with Crippen molar-refractivity contribution in [3.8, 4) is 17.2 Å². The summed E-state index contributed by atoms with van der Waals surface area (Å²) < 4.78 is 28.3. The van der Waals surface area contributed by atoms with Crippen molar-refractivity contribution >= 4 is 11.8 Å². The summed E-state index contributed by atoms with van der Waals surface area (Å²) in [6, 6.07) is 0.895. The van der Waals surface area contributed by atoms with Crippen molar-refractivity contribution in [1.29, 1.82) is 0 Å². The summed E-state index contributed by atoms with van der Waals surface area (Å²) in [4.78, 5) is 23.2. The van der Waals surface area contributed by atoms with Crippen molar-refractivity contribution in [3.05, 3.63) is 17.4 Å². The fourth-order valence-electron chi connectivity index (χ4n) is 1.65. The third kappa shape index (κ3) is 2.31. The van der Waals surface area contributed by atoms with Crippen LogP contribution >= 0.6 is 0 Å². The first-order valence-electron chi connectivity index (χ1n) is 5.58. The Bertz CT molecular complexity index is 540. The van der Waals surface area contributed by atoms with E-state index in [1.54, 1.807) is 0 Å². The maximum Gasteiger partial charge on any atom is 0.379 e. The van der Waals surface area contributed by atoms with E-state index in [4.69, 9.17) is 9.47 Å². The van der Waals surface area contributed by atoms with E-state index in [0.717, 1.165) is 6.07 Å². The quantitative estimate of drug-likeness (QED) is 0.502. The highest BCUT2D eigenvalue weighted by Crippen LogP contribution is 2.41. The normalized spacial score (nSPS) is 12.9. The van der Waals surface area contributed by atoms with Crippen molar-refractivity contribution in [2.45, 2.75) is 6.92 Å². The minimum atomic E-state index is -1.19. The van der Waals surface area contributed by atoms with Crippen molar-refractivity contribution in [2.24, 2.45) is 0 Å². The number of carbonyl (C=O) groups excluding carboxylic acids is 2. The molecular weight excluding hydrogens is 259 g/mol. The largest absolute Gasteiger partial charge is 0.504 e. The molecule has 1 aliphatic heterocycles. The smallest absolute Gasteiger partial charge is 0.379 e. The zero-order chi connectivity index (χ0) is 14.0. The number of esters is 1. The van der Waals surface area contributed by atoms with E-state index in [1.807, 2.05) is 0 Å². The van der Waals surface area contributed by atoms with Gasteiger partial charge >= 0.3 is 5.97 Å². The minimum Gasteiger partial charge on any atom is -0.504 e. The van der Waals surface area contributed by atoms with Crippen LogP contribution in [0.1, 0.15) is 17.3 Å². The summed E-state index contributed by atoms with van der Waals surface area (Å²) in [6.45, 7) is 1.82. The van der Waals surface area contributed by atoms with Crippen LogP contribution in [-0.4, -0.2) is 36.7 Å². The molecule has 7 heteroatoms. The average molecular weight is 270 g/mol. The van der Waals surface area contributed by atoms with Gasteiger partial charge in [0.2, 0.25) is 0 Å². The molecule has 1 aliphatic rings. The monoisotopic (exact) mass is 270 g/mol. The Hall–Kier alpha value is -2.31. The Morgan fingerprint density at radius 2 is 2.11 bits per heavy atom. The van der Waals surface area contributed by atoms with Gasteiger partial charge in [-0.25, -0.2) is 9.18 Å². The molecule has 0 unspecified atom stereocenters. The lowest BCUT2D eigenvalue weighted by atomic mass is 10.1. The number of rotatable bonds is 3. The Kier molecular flexibility index (Phi) is 3.55. The maximum absolute atomic E-state index is 13.5. The Balaban J connectivity index is 2.52. The number of Topliss-reactive ketones (excluding diaryl/α,β-unsaturated/α-hetero) is 1. The lowest BCUT2D eigenvalue weighted by Crippen LogP contribution is -2.22. The molecule has 0 bridgehead atoms. The van der Waals surface area contributed by atoms with Crippen LogP contribution in [0.5, 0.6) is 17.2 Å². The number of ketones is 1. The number of aromatic hydroxyl groups is 1. The lowest BCUT2D eigenvalue weighted by molar-refractivity contribution is -0.137. The zero-order valence-electron chi connectivity index (χ0n) is 10.1. The van der Waals surface area contributed by atoms with Crippen LogP contribution in [0, 0.1) is 5.82 Å². The second-order valence-corrected chi connectivity index (χ2v) is 3.66. The molecule has 6 nitrogen and oxygen atoms in total. The SMILES string of the molecule is CCOC(=O)C(=O)c1c(O)c(F)cc2c1OCCO2. The standard InChI is InChI=1S/C12H11FO6/c1-2-17-12(16)10(15)8-9(14)6(13)5-7-11(8)19-4-3-18-7/h5,14H,2-4H2,1H3. The molecule has 2 rings (SSSR count). The predicted octanol–water partition coefficient (Wildman–Crippen LogP) is 1.05. The topological polar surface area (TPSA) is 82.1 Å². The molecule has 1 heterocycles. The van der Waals surface area contributed by atoms with E-state index < -0.39 is 28.9 Å². The van der Waals surface area contributed by atoms with Gasteiger partial charge in [-0.2, -0.15) is 0 Å². The van der Waals surface area contributed by atoms with E-state index in [0.29, 0.717) is 0 Å². The third-order valence-electron chi connectivity index (χ3n) is 2.45. The van der Waals surface area contributed by atoms with Gasteiger partial charge in [0, 0.05) is 6.07 Å². The summed E-state index contributed by atoms with van der Waals surface area (Å²) in [5.74, 6) is -4.59. The summed E-state index contributed by atoms with van der Waals surface area (Å²) >= 11 is 0. The van der Waals surface area contributed by atoms with Crippen LogP contribution in [0.25, 0.3) is 0 Å². The Morgan fingerprint density at radius 1 is 1.42 bits per heavy atom. The molecule has 0 atom stereocenters. The zero-order valence-corrected chi connectivity index (χ0v) is 10.1. The summed E-state index contributed by atoms with van der Waals surface area (Å²) in [5.41, 5.74) is -0.576. The van der Waals surface area contributed by atoms with E-state index in [9.17, 15) is 19.1 Å². The van der Waals surface area contributed by atoms with Gasteiger partial charge in [-0.1, -0.05) is 0 Å². The lowest BCUT2D eigenvalue weighted by Gasteiger charge is -2.21. The molecule has 0 aliphatic carbocycles. The van der Waals surface area contributed by atoms with E-state index >= 15 is 0 Å². The molecule has 1 aromatic rings. The number of halogens is 1. The fourth-order valence-corrected chi connectivity index (χ4v) is 1.65. The number of fused-ring (bicyclic) bond motifs is 1. The Labute approximate surface area is 107 Å². The minimum absolute atomic E-state index is 0.0137. The first kappa shape index (κ1) is 13.1. The first-order valence-corrected chi connectivity index (χ1v) is 5.58. The molecule has 0 amide bonds. The number of hydrogen-bond donors (Lipinski definition) is 1. The molecule has 102 valence electrons. The van der Waals surface area contributed by atoms with Crippen LogP contribution in [0.2, 0.25) is 0 Å². The highest BCUT2D eigenvalue weighted by Gasteiger charge is 2.32. The molecule has 1 N–H and O–H groups in total. The summed E-state index contributed by atoms with van der Waals surface area (Å²) in [5, 5.41) is 9.60. The van der Waals surface area contributed by atoms with Crippen LogP contribution in [0.15, 0.2) is 6.07 Å². The number of benzene rings is 1. The fraction of sp³-hybridized carbons (Fsp3) is 0.333. The first-order chi connectivity index (χ1) is 9.06. The van der Waals surface area contributed by atoms with Crippen LogP contribution in [0.3, 0.4) is 0 Å². The second kappa shape index (κ2) is 5.13. The van der Waals surface area contributed by atoms with E-state index in [-0.39, 0.29) is 31.3 Å². The molecule has 0 saturated heterocycles. The highest BCUT2D eigenvalue weighted by atomic mass is 19.1. The van der Waals surface area contributed by atoms with Gasteiger partial charge in [0.25, 0.3) is 5.78 Å². The van der Waals surface area contributed by atoms with Crippen molar-refractivity contribution in [1.82, 2.24) is 0 Å². The molecule has 0 fully saturated rings. The van der Waals surface area contributed by atoms with E-state index in [2.05, 4.69) is 4.74 Å². The predicted molar refractivity (Wildman–Crippen MR) is 60.0 cm³/mol. The van der Waals surface area contributed by atoms with Gasteiger partial charge in [0.1, 0.15) is 18.8 Å². The summed E-state index contributed by atoms with van der Waals surface area (Å²) in [6.07, 6.45) is 0. The number of hydrogen-bond acceptors (Lipinski definition) is 6. The molecule has 1 aromatic carbocycles. The van der Waals surface area contributed by atoms with Crippen molar-refractivity contribution in [3.63, 3.8) is 0 Å². The Morgan fingerprint density at radius 3 is 2.79 bits per heavy atom. The molecule has 0 aromatic heterocycles. The van der Waals surface area contributed by atoms with Crippen LogP contribution in [-0.2, 0) is 9.53 Å². The van der Waals surface area contributed by atoms with Gasteiger partial charge in [-0.05, 0) is 6.92 Å². The van der Waals surface area contributed by atoms with Gasteiger partial charge in [-0.15, -0.1) is 0 Å². The van der Waals surface area contributed by atoms with Crippen LogP contribution in [0.4, 0.5) is 4.39 Å².